The van der Waals surface area contributed by atoms with Crippen LogP contribution >= 0.6 is 0 Å². The van der Waals surface area contributed by atoms with Crippen molar-refractivity contribution < 1.29 is 22.7 Å². The number of hydrogen-bond donors (Lipinski definition) is 1. The van der Waals surface area contributed by atoms with Gasteiger partial charge in [0, 0.05) is 35.1 Å². The van der Waals surface area contributed by atoms with E-state index < -0.39 is 6.30 Å². The number of halogens is 3. The molecule has 1 N–H and O–H groups in total. The molecule has 0 unspecified atom stereocenters. The van der Waals surface area contributed by atoms with E-state index in [-0.39, 0.29) is 41.0 Å². The second-order valence-corrected chi connectivity index (χ2v) is 6.86. The maximum Gasteiger partial charge on any atom is 0.489 e. The molecule has 0 saturated carbocycles. The molecule has 4 aromatic rings. The third kappa shape index (κ3) is 3.35. The first kappa shape index (κ1) is 19.0. The van der Waals surface area contributed by atoms with Crippen molar-refractivity contribution in [1.82, 2.24) is 24.8 Å². The van der Waals surface area contributed by atoms with Gasteiger partial charge in [-0.05, 0) is 36.4 Å². The predicted molar refractivity (Wildman–Crippen MR) is 105 cm³/mol. The lowest BCUT2D eigenvalue weighted by Crippen LogP contribution is -2.24. The van der Waals surface area contributed by atoms with Crippen LogP contribution in [0.5, 0.6) is 5.88 Å². The molecule has 4 heterocycles. The Labute approximate surface area is 173 Å². The van der Waals surface area contributed by atoms with Gasteiger partial charge in [-0.25, -0.2) is 4.98 Å². The van der Waals surface area contributed by atoms with Crippen molar-refractivity contribution in [3.63, 3.8) is 0 Å². The van der Waals surface area contributed by atoms with Gasteiger partial charge in [0.1, 0.15) is 12.2 Å². The van der Waals surface area contributed by atoms with Gasteiger partial charge in [0.25, 0.3) is 5.91 Å². The van der Waals surface area contributed by atoms with Crippen LogP contribution in [-0.2, 0) is 6.30 Å². The molecule has 0 aliphatic carbocycles. The van der Waals surface area contributed by atoms with Crippen molar-refractivity contribution in [3.8, 4) is 28.5 Å². The summed E-state index contributed by atoms with van der Waals surface area (Å²) in [5.41, 5.74) is 1.04. The van der Waals surface area contributed by atoms with Crippen LogP contribution in [0.3, 0.4) is 0 Å². The van der Waals surface area contributed by atoms with Gasteiger partial charge in [-0.15, -0.1) is 13.2 Å². The van der Waals surface area contributed by atoms with Crippen molar-refractivity contribution in [2.45, 2.75) is 6.30 Å². The molecule has 0 spiro atoms. The summed E-state index contributed by atoms with van der Waals surface area (Å²) >= 11 is 0. The zero-order valence-electron chi connectivity index (χ0n) is 15.8. The number of nitrogens with one attached hydrogen (secondary N) is 1. The molecule has 7 nitrogen and oxygen atoms in total. The van der Waals surface area contributed by atoms with Crippen LogP contribution in [0.15, 0.2) is 55.0 Å². The molecule has 1 aromatic carbocycles. The van der Waals surface area contributed by atoms with Gasteiger partial charge in [0.05, 0.1) is 17.8 Å². The number of amides is 1. The molecule has 1 aliphatic heterocycles. The van der Waals surface area contributed by atoms with Crippen molar-refractivity contribution in [2.24, 2.45) is 0 Å². The third-order valence-corrected chi connectivity index (χ3v) is 4.90. The lowest BCUT2D eigenvalue weighted by molar-refractivity contribution is -0.199. The molecule has 0 fully saturated rings. The molecule has 3 aromatic heterocycles. The van der Waals surface area contributed by atoms with Gasteiger partial charge < -0.3 is 10.1 Å². The lowest BCUT2D eigenvalue weighted by atomic mass is 10.1. The molecule has 0 atom stereocenters. The number of benzene rings is 1. The lowest BCUT2D eigenvalue weighted by Gasteiger charge is -2.14. The van der Waals surface area contributed by atoms with Crippen molar-refractivity contribution in [2.75, 3.05) is 13.2 Å². The van der Waals surface area contributed by atoms with E-state index in [1.165, 1.54) is 36.8 Å². The molecular weight excluding hydrogens is 411 g/mol. The second kappa shape index (κ2) is 7.08. The number of carbonyl (C=O) groups is 1. The molecular formula is C21H14F3N5O2. The summed E-state index contributed by atoms with van der Waals surface area (Å²) in [5, 5.41) is 3.03. The standard InChI is InChI=1S/C21H14F3N5O2/c22-21(23,24)29-16-4-3-12(8-14(16)9-17(29)13-2-1-5-25-10-13)18-27-11-15-19(30)26-6-7-31-20(15)28-18/h1-5,8-11H,6-7H2,(H,26,30). The van der Waals surface area contributed by atoms with E-state index in [0.717, 1.165) is 0 Å². The highest BCUT2D eigenvalue weighted by Crippen LogP contribution is 2.37. The van der Waals surface area contributed by atoms with Crippen molar-refractivity contribution in [3.05, 3.63) is 60.6 Å². The van der Waals surface area contributed by atoms with E-state index in [0.29, 0.717) is 27.6 Å². The molecule has 1 amide bonds. The Morgan fingerprint density at radius 1 is 1.10 bits per heavy atom. The number of aromatic nitrogens is 4. The quantitative estimate of drug-likeness (QED) is 0.529. The maximum atomic E-state index is 13.8. The number of pyridine rings is 1. The SMILES string of the molecule is O=C1NCCOc2nc(-c3ccc4c(c3)cc(-c3cccnc3)n4C(F)(F)F)ncc21. The highest BCUT2D eigenvalue weighted by molar-refractivity contribution is 5.96. The molecule has 0 radical (unpaired) electrons. The van der Waals surface area contributed by atoms with Crippen LogP contribution < -0.4 is 10.1 Å². The Bertz CT molecular complexity index is 1300. The molecule has 31 heavy (non-hydrogen) atoms. The molecule has 156 valence electrons. The van der Waals surface area contributed by atoms with E-state index >= 15 is 0 Å². The minimum atomic E-state index is -4.61. The number of hydrogen-bond acceptors (Lipinski definition) is 5. The van der Waals surface area contributed by atoms with Crippen LogP contribution in [0.1, 0.15) is 10.4 Å². The summed E-state index contributed by atoms with van der Waals surface area (Å²) in [6, 6.07) is 9.07. The van der Waals surface area contributed by atoms with E-state index in [1.807, 2.05) is 0 Å². The zero-order valence-corrected chi connectivity index (χ0v) is 15.8. The summed E-state index contributed by atoms with van der Waals surface area (Å²) in [6.45, 7) is 0.607. The van der Waals surface area contributed by atoms with Gasteiger partial charge in [-0.2, -0.15) is 4.98 Å². The Morgan fingerprint density at radius 2 is 1.97 bits per heavy atom. The average Bonchev–Trinajstić information content (AvgIpc) is 3.06. The summed E-state index contributed by atoms with van der Waals surface area (Å²) in [7, 11) is 0. The zero-order chi connectivity index (χ0) is 21.6. The monoisotopic (exact) mass is 425 g/mol. The summed E-state index contributed by atoms with van der Waals surface area (Å²) in [4.78, 5) is 24.4. The van der Waals surface area contributed by atoms with E-state index in [2.05, 4.69) is 20.3 Å². The molecule has 0 bridgehead atoms. The van der Waals surface area contributed by atoms with Gasteiger partial charge in [0.2, 0.25) is 5.88 Å². The van der Waals surface area contributed by atoms with Gasteiger partial charge in [0.15, 0.2) is 5.82 Å². The van der Waals surface area contributed by atoms with E-state index in [4.69, 9.17) is 4.74 Å². The second-order valence-electron chi connectivity index (χ2n) is 6.86. The number of ether oxygens (including phenoxy) is 1. The number of rotatable bonds is 2. The highest BCUT2D eigenvalue weighted by Gasteiger charge is 2.35. The van der Waals surface area contributed by atoms with Gasteiger partial charge >= 0.3 is 6.30 Å². The van der Waals surface area contributed by atoms with Crippen LogP contribution in [0.4, 0.5) is 13.2 Å². The fourth-order valence-corrected chi connectivity index (χ4v) is 3.53. The molecule has 0 saturated heterocycles. The Hall–Kier alpha value is -3.95. The maximum absolute atomic E-state index is 13.8. The largest absolute Gasteiger partial charge is 0.489 e. The minimum absolute atomic E-state index is 0.000454. The topological polar surface area (TPSA) is 81.9 Å². The van der Waals surface area contributed by atoms with Crippen LogP contribution in [-0.4, -0.2) is 38.6 Å². The van der Waals surface area contributed by atoms with Crippen molar-refractivity contribution >= 4 is 16.8 Å². The number of carbonyl (C=O) groups excluding carboxylic acids is 1. The summed E-state index contributed by atoms with van der Waals surface area (Å²) < 4.78 is 47.4. The predicted octanol–water partition coefficient (Wildman–Crippen LogP) is 3.76. The highest BCUT2D eigenvalue weighted by atomic mass is 19.4. The van der Waals surface area contributed by atoms with Crippen LogP contribution in [0.2, 0.25) is 0 Å². The smallest absolute Gasteiger partial charge is 0.475 e. The Morgan fingerprint density at radius 3 is 2.74 bits per heavy atom. The number of alkyl halides is 3. The van der Waals surface area contributed by atoms with E-state index in [1.54, 1.807) is 18.2 Å². The minimum Gasteiger partial charge on any atom is -0.475 e. The Kier molecular flexibility index (Phi) is 4.35. The van der Waals surface area contributed by atoms with E-state index in [9.17, 15) is 18.0 Å². The van der Waals surface area contributed by atoms with Crippen LogP contribution in [0.25, 0.3) is 33.5 Å². The number of nitrogens with zero attached hydrogens (tertiary/aromatic N) is 4. The summed E-state index contributed by atoms with van der Waals surface area (Å²) in [5.74, 6) is 0.0555. The van der Waals surface area contributed by atoms with Gasteiger partial charge in [-0.1, -0.05) is 0 Å². The molecule has 10 heteroatoms. The fourth-order valence-electron chi connectivity index (χ4n) is 3.53. The number of fused-ring (bicyclic) bond motifs is 2. The first-order chi connectivity index (χ1) is 14.9. The third-order valence-electron chi connectivity index (χ3n) is 4.90. The van der Waals surface area contributed by atoms with Crippen molar-refractivity contribution in [1.29, 1.82) is 0 Å². The molecule has 5 rings (SSSR count). The normalized spacial score (nSPS) is 14.0. The first-order valence-electron chi connectivity index (χ1n) is 9.33. The molecule has 1 aliphatic rings. The average molecular weight is 425 g/mol. The Balaban J connectivity index is 1.65. The fraction of sp³-hybridized carbons (Fsp3) is 0.143. The first-order valence-corrected chi connectivity index (χ1v) is 9.33. The summed E-state index contributed by atoms with van der Waals surface area (Å²) in [6.07, 6.45) is -0.379. The van der Waals surface area contributed by atoms with Gasteiger partial charge in [-0.3, -0.25) is 14.3 Å². The van der Waals surface area contributed by atoms with Crippen LogP contribution in [0, 0.1) is 0 Å².